The van der Waals surface area contributed by atoms with Crippen molar-refractivity contribution >= 4 is 11.8 Å². The van der Waals surface area contributed by atoms with Crippen molar-refractivity contribution in [3.8, 4) is 11.1 Å². The number of unbranched alkanes of at least 4 members (excludes halogenated alkanes) is 1. The van der Waals surface area contributed by atoms with Crippen LogP contribution in [-0.2, 0) is 16.1 Å². The molecule has 5 nitrogen and oxygen atoms in total. The van der Waals surface area contributed by atoms with Crippen molar-refractivity contribution in [2.45, 2.75) is 38.8 Å². The van der Waals surface area contributed by atoms with E-state index >= 15 is 0 Å². The van der Waals surface area contributed by atoms with Gasteiger partial charge in [-0.3, -0.25) is 14.5 Å². The maximum atomic E-state index is 12.6. The van der Waals surface area contributed by atoms with Gasteiger partial charge < -0.3 is 10.2 Å². The standard InChI is InChI=1S/C24H31N3O2/c1-3-4-15-26(2)23(28)17-22-24(29)25-14-16-27(22)18-19-10-12-21(13-11-19)20-8-6-5-7-9-20/h5-13,22H,3-4,14-18H2,1-2H3,(H,25,29)/t22-/m0/s1. The van der Waals surface area contributed by atoms with Crippen molar-refractivity contribution in [3.05, 3.63) is 60.2 Å². The van der Waals surface area contributed by atoms with Crippen LogP contribution in [0.3, 0.4) is 0 Å². The molecule has 0 aromatic heterocycles. The number of nitrogens with zero attached hydrogens (tertiary/aromatic N) is 2. The van der Waals surface area contributed by atoms with Gasteiger partial charge >= 0.3 is 0 Å². The third-order valence-electron chi connectivity index (χ3n) is 5.53. The molecule has 1 heterocycles. The van der Waals surface area contributed by atoms with Gasteiger partial charge in [0, 0.05) is 33.2 Å². The largest absolute Gasteiger partial charge is 0.353 e. The average molecular weight is 394 g/mol. The highest BCUT2D eigenvalue weighted by Crippen LogP contribution is 2.21. The van der Waals surface area contributed by atoms with Crippen LogP contribution in [0.25, 0.3) is 11.1 Å². The van der Waals surface area contributed by atoms with E-state index in [1.807, 2.05) is 25.2 Å². The Morgan fingerprint density at radius 3 is 2.48 bits per heavy atom. The monoisotopic (exact) mass is 393 g/mol. The summed E-state index contributed by atoms with van der Waals surface area (Å²) < 4.78 is 0. The number of carbonyl (C=O) groups is 2. The molecule has 1 saturated heterocycles. The van der Waals surface area contributed by atoms with Crippen molar-refractivity contribution in [2.24, 2.45) is 0 Å². The van der Waals surface area contributed by atoms with Gasteiger partial charge in [0.1, 0.15) is 0 Å². The van der Waals surface area contributed by atoms with Crippen molar-refractivity contribution in [3.63, 3.8) is 0 Å². The normalized spacial score (nSPS) is 17.0. The van der Waals surface area contributed by atoms with Gasteiger partial charge in [-0.2, -0.15) is 0 Å². The maximum absolute atomic E-state index is 12.6. The molecule has 0 radical (unpaired) electrons. The van der Waals surface area contributed by atoms with Crippen LogP contribution in [0, 0.1) is 0 Å². The molecular weight excluding hydrogens is 362 g/mol. The SMILES string of the molecule is CCCCN(C)C(=O)C[C@H]1C(=O)NCCN1Cc1ccc(-c2ccccc2)cc1. The second kappa shape index (κ2) is 10.2. The molecule has 29 heavy (non-hydrogen) atoms. The predicted molar refractivity (Wildman–Crippen MR) is 116 cm³/mol. The fourth-order valence-corrected chi connectivity index (χ4v) is 3.68. The van der Waals surface area contributed by atoms with Gasteiger partial charge in [0.2, 0.25) is 11.8 Å². The van der Waals surface area contributed by atoms with E-state index in [0.29, 0.717) is 13.1 Å². The number of rotatable bonds is 8. The average Bonchev–Trinajstić information content (AvgIpc) is 2.75. The van der Waals surface area contributed by atoms with E-state index in [1.54, 1.807) is 4.90 Å². The van der Waals surface area contributed by atoms with Gasteiger partial charge in [-0.25, -0.2) is 0 Å². The lowest BCUT2D eigenvalue weighted by Crippen LogP contribution is -2.56. The Bertz CT molecular complexity index is 805. The van der Waals surface area contributed by atoms with Crippen molar-refractivity contribution in [2.75, 3.05) is 26.7 Å². The van der Waals surface area contributed by atoms with Gasteiger partial charge in [-0.05, 0) is 23.1 Å². The van der Waals surface area contributed by atoms with Crippen molar-refractivity contribution in [1.29, 1.82) is 0 Å². The lowest BCUT2D eigenvalue weighted by molar-refractivity contribution is -0.138. The molecule has 0 unspecified atom stereocenters. The highest BCUT2D eigenvalue weighted by molar-refractivity contribution is 5.88. The quantitative estimate of drug-likeness (QED) is 0.749. The van der Waals surface area contributed by atoms with Crippen molar-refractivity contribution in [1.82, 2.24) is 15.1 Å². The Balaban J connectivity index is 1.66. The van der Waals surface area contributed by atoms with E-state index in [-0.39, 0.29) is 18.2 Å². The first kappa shape index (κ1) is 21.1. The van der Waals surface area contributed by atoms with Gasteiger partial charge in [0.05, 0.1) is 12.5 Å². The Kier molecular flexibility index (Phi) is 7.42. The molecule has 2 aromatic rings. The van der Waals surface area contributed by atoms with Crippen LogP contribution in [0.15, 0.2) is 54.6 Å². The first-order valence-corrected chi connectivity index (χ1v) is 10.5. The molecule has 0 bridgehead atoms. The molecule has 3 rings (SSSR count). The second-order valence-corrected chi connectivity index (χ2v) is 7.71. The van der Waals surface area contributed by atoms with Crippen LogP contribution in [0.5, 0.6) is 0 Å². The van der Waals surface area contributed by atoms with Crippen LogP contribution < -0.4 is 5.32 Å². The summed E-state index contributed by atoms with van der Waals surface area (Å²) in [6.07, 6.45) is 2.26. The molecular formula is C24H31N3O2. The molecule has 1 aliphatic heterocycles. The van der Waals surface area contributed by atoms with Gasteiger partial charge in [-0.15, -0.1) is 0 Å². The summed E-state index contributed by atoms with van der Waals surface area (Å²) in [6, 6.07) is 18.3. The molecule has 0 saturated carbocycles. The number of piperazine rings is 1. The van der Waals surface area contributed by atoms with Crippen molar-refractivity contribution < 1.29 is 9.59 Å². The van der Waals surface area contributed by atoms with E-state index in [4.69, 9.17) is 0 Å². The zero-order chi connectivity index (χ0) is 20.6. The first-order chi connectivity index (χ1) is 14.1. The zero-order valence-corrected chi connectivity index (χ0v) is 17.4. The fourth-order valence-electron chi connectivity index (χ4n) is 3.68. The van der Waals surface area contributed by atoms with Gasteiger partial charge in [0.25, 0.3) is 0 Å². The van der Waals surface area contributed by atoms with E-state index < -0.39 is 6.04 Å². The minimum absolute atomic E-state index is 0.0323. The molecule has 1 atom stereocenters. The fraction of sp³-hybridized carbons (Fsp3) is 0.417. The van der Waals surface area contributed by atoms with E-state index in [1.165, 1.54) is 11.1 Å². The molecule has 2 aromatic carbocycles. The highest BCUT2D eigenvalue weighted by Gasteiger charge is 2.32. The van der Waals surface area contributed by atoms with E-state index in [9.17, 15) is 9.59 Å². The van der Waals surface area contributed by atoms with Crippen LogP contribution in [0.2, 0.25) is 0 Å². The van der Waals surface area contributed by atoms with E-state index in [0.717, 1.165) is 31.5 Å². The summed E-state index contributed by atoms with van der Waals surface area (Å²) in [5.41, 5.74) is 3.51. The first-order valence-electron chi connectivity index (χ1n) is 10.5. The van der Waals surface area contributed by atoms with E-state index in [2.05, 4.69) is 53.5 Å². The third-order valence-corrected chi connectivity index (χ3v) is 5.53. The van der Waals surface area contributed by atoms with Crippen LogP contribution in [-0.4, -0.2) is 54.3 Å². The Morgan fingerprint density at radius 1 is 1.10 bits per heavy atom. The van der Waals surface area contributed by atoms with Gasteiger partial charge in [-0.1, -0.05) is 67.9 Å². The second-order valence-electron chi connectivity index (χ2n) is 7.71. The molecule has 5 heteroatoms. The lowest BCUT2D eigenvalue weighted by atomic mass is 10.0. The topological polar surface area (TPSA) is 52.7 Å². The summed E-state index contributed by atoms with van der Waals surface area (Å²) in [4.78, 5) is 28.9. The molecule has 1 N–H and O–H groups in total. The van der Waals surface area contributed by atoms with Crippen LogP contribution >= 0.6 is 0 Å². The predicted octanol–water partition coefficient (Wildman–Crippen LogP) is 3.30. The lowest BCUT2D eigenvalue weighted by Gasteiger charge is -2.35. The Labute approximate surface area is 173 Å². The van der Waals surface area contributed by atoms with Gasteiger partial charge in [0.15, 0.2) is 0 Å². The molecule has 2 amide bonds. The summed E-state index contributed by atoms with van der Waals surface area (Å²) in [5, 5.41) is 2.91. The third kappa shape index (κ3) is 5.67. The molecule has 154 valence electrons. The molecule has 1 fully saturated rings. The zero-order valence-electron chi connectivity index (χ0n) is 17.4. The number of amides is 2. The molecule has 0 spiro atoms. The highest BCUT2D eigenvalue weighted by atomic mass is 16.2. The Morgan fingerprint density at radius 2 is 1.79 bits per heavy atom. The van der Waals surface area contributed by atoms with Crippen LogP contribution in [0.4, 0.5) is 0 Å². The number of hydrogen-bond donors (Lipinski definition) is 1. The maximum Gasteiger partial charge on any atom is 0.237 e. The summed E-state index contributed by atoms with van der Waals surface area (Å²) >= 11 is 0. The smallest absolute Gasteiger partial charge is 0.237 e. The molecule has 0 aliphatic carbocycles. The number of hydrogen-bond acceptors (Lipinski definition) is 3. The summed E-state index contributed by atoms with van der Waals surface area (Å²) in [6.45, 7) is 4.89. The minimum atomic E-state index is -0.408. The molecule has 1 aliphatic rings. The number of benzene rings is 2. The minimum Gasteiger partial charge on any atom is -0.353 e. The van der Waals surface area contributed by atoms with Crippen LogP contribution in [0.1, 0.15) is 31.7 Å². The Hall–Kier alpha value is -2.66. The number of nitrogens with one attached hydrogen (secondary N) is 1. The number of carbonyl (C=O) groups excluding carboxylic acids is 2. The summed E-state index contributed by atoms with van der Waals surface area (Å²) in [7, 11) is 1.82. The summed E-state index contributed by atoms with van der Waals surface area (Å²) in [5.74, 6) is -0.0145.